The van der Waals surface area contributed by atoms with Crippen LogP contribution in [0, 0.1) is 6.92 Å². The van der Waals surface area contributed by atoms with Crippen LogP contribution in [0.25, 0.3) is 0 Å². The highest BCUT2D eigenvalue weighted by molar-refractivity contribution is 6.30. The standard InChI is InChI=1S/C12H20ClN3/c1-4-5-6-7-9(2)16-12-10(3)11(13)14-8-15-12/h8-9H,4-7H2,1-3H3,(H,14,15,16). The van der Waals surface area contributed by atoms with Crippen molar-refractivity contribution in [3.8, 4) is 0 Å². The third kappa shape index (κ3) is 3.97. The van der Waals surface area contributed by atoms with Gasteiger partial charge < -0.3 is 5.32 Å². The van der Waals surface area contributed by atoms with E-state index in [2.05, 4.69) is 29.1 Å². The van der Waals surface area contributed by atoms with Gasteiger partial charge in [0.1, 0.15) is 17.3 Å². The summed E-state index contributed by atoms with van der Waals surface area (Å²) in [6.07, 6.45) is 6.45. The molecule has 4 heteroatoms. The van der Waals surface area contributed by atoms with Gasteiger partial charge in [0, 0.05) is 11.6 Å². The molecule has 1 aromatic heterocycles. The SMILES string of the molecule is CCCCCC(C)Nc1ncnc(Cl)c1C. The molecule has 0 aliphatic heterocycles. The molecule has 1 aromatic rings. The smallest absolute Gasteiger partial charge is 0.137 e. The van der Waals surface area contributed by atoms with Crippen molar-refractivity contribution in [3.05, 3.63) is 17.0 Å². The van der Waals surface area contributed by atoms with Gasteiger partial charge in [0.05, 0.1) is 0 Å². The number of aromatic nitrogens is 2. The van der Waals surface area contributed by atoms with Crippen molar-refractivity contribution in [1.82, 2.24) is 9.97 Å². The van der Waals surface area contributed by atoms with Gasteiger partial charge in [-0.25, -0.2) is 9.97 Å². The number of hydrogen-bond donors (Lipinski definition) is 1. The van der Waals surface area contributed by atoms with E-state index in [1.54, 1.807) is 0 Å². The van der Waals surface area contributed by atoms with Crippen molar-refractivity contribution in [1.29, 1.82) is 0 Å². The molecular weight excluding hydrogens is 222 g/mol. The molecule has 0 aliphatic carbocycles. The second kappa shape index (κ2) is 6.69. The Kier molecular flexibility index (Phi) is 5.53. The third-order valence-corrected chi connectivity index (χ3v) is 3.03. The summed E-state index contributed by atoms with van der Waals surface area (Å²) in [5.74, 6) is 0.851. The lowest BCUT2D eigenvalue weighted by Gasteiger charge is -2.15. The van der Waals surface area contributed by atoms with Gasteiger partial charge in [-0.05, 0) is 20.3 Å². The van der Waals surface area contributed by atoms with Gasteiger partial charge in [0.15, 0.2) is 0 Å². The molecule has 1 unspecified atom stereocenters. The van der Waals surface area contributed by atoms with Crippen LogP contribution in [0.2, 0.25) is 5.15 Å². The van der Waals surface area contributed by atoms with Crippen LogP contribution in [-0.4, -0.2) is 16.0 Å². The molecule has 0 fully saturated rings. The molecule has 0 bridgehead atoms. The van der Waals surface area contributed by atoms with Gasteiger partial charge >= 0.3 is 0 Å². The van der Waals surface area contributed by atoms with Crippen LogP contribution < -0.4 is 5.32 Å². The average Bonchev–Trinajstić information content (AvgIpc) is 2.25. The van der Waals surface area contributed by atoms with E-state index in [1.807, 2.05) is 6.92 Å². The monoisotopic (exact) mass is 241 g/mol. The molecule has 0 aromatic carbocycles. The first kappa shape index (κ1) is 13.2. The van der Waals surface area contributed by atoms with Crippen molar-refractivity contribution < 1.29 is 0 Å². The Labute approximate surface area is 103 Å². The molecule has 1 atom stereocenters. The Morgan fingerprint density at radius 2 is 2.12 bits per heavy atom. The van der Waals surface area contributed by atoms with Crippen LogP contribution in [0.1, 0.15) is 45.1 Å². The normalized spacial score (nSPS) is 12.5. The van der Waals surface area contributed by atoms with Gasteiger partial charge in [0.25, 0.3) is 0 Å². The summed E-state index contributed by atoms with van der Waals surface area (Å²) >= 11 is 5.93. The van der Waals surface area contributed by atoms with Crippen molar-refractivity contribution >= 4 is 17.4 Å². The van der Waals surface area contributed by atoms with Gasteiger partial charge in [-0.15, -0.1) is 0 Å². The molecular formula is C12H20ClN3. The summed E-state index contributed by atoms with van der Waals surface area (Å²) in [7, 11) is 0. The Bertz CT molecular complexity index is 328. The number of halogens is 1. The predicted molar refractivity (Wildman–Crippen MR) is 69.0 cm³/mol. The molecule has 1 rings (SSSR count). The Morgan fingerprint density at radius 1 is 1.38 bits per heavy atom. The van der Waals surface area contributed by atoms with Gasteiger partial charge in [-0.2, -0.15) is 0 Å². The molecule has 0 saturated carbocycles. The Balaban J connectivity index is 2.49. The summed E-state index contributed by atoms with van der Waals surface area (Å²) in [6, 6.07) is 0.427. The fourth-order valence-electron chi connectivity index (χ4n) is 1.58. The first-order valence-corrected chi connectivity index (χ1v) is 6.26. The topological polar surface area (TPSA) is 37.8 Å². The largest absolute Gasteiger partial charge is 0.367 e. The average molecular weight is 242 g/mol. The molecule has 0 saturated heterocycles. The summed E-state index contributed by atoms with van der Waals surface area (Å²) < 4.78 is 0. The molecule has 0 amide bonds. The highest BCUT2D eigenvalue weighted by atomic mass is 35.5. The van der Waals surface area contributed by atoms with Crippen LogP contribution in [-0.2, 0) is 0 Å². The van der Waals surface area contributed by atoms with Crippen molar-refractivity contribution in [2.75, 3.05) is 5.32 Å². The van der Waals surface area contributed by atoms with E-state index in [1.165, 1.54) is 25.6 Å². The highest BCUT2D eigenvalue weighted by Gasteiger charge is 2.07. The maximum absolute atomic E-state index is 5.93. The predicted octanol–water partition coefficient (Wildman–Crippen LogP) is 3.82. The summed E-state index contributed by atoms with van der Waals surface area (Å²) in [6.45, 7) is 6.32. The van der Waals surface area contributed by atoms with Gasteiger partial charge in [-0.1, -0.05) is 37.8 Å². The maximum Gasteiger partial charge on any atom is 0.137 e. The molecule has 16 heavy (non-hydrogen) atoms. The van der Waals surface area contributed by atoms with Crippen LogP contribution in [0.3, 0.4) is 0 Å². The molecule has 1 heterocycles. The molecule has 0 spiro atoms. The number of rotatable bonds is 6. The second-order valence-corrected chi connectivity index (χ2v) is 4.54. The molecule has 1 N–H and O–H groups in total. The zero-order valence-electron chi connectivity index (χ0n) is 10.3. The highest BCUT2D eigenvalue weighted by Crippen LogP contribution is 2.19. The Morgan fingerprint density at radius 3 is 2.81 bits per heavy atom. The zero-order valence-corrected chi connectivity index (χ0v) is 11.0. The molecule has 0 radical (unpaired) electrons. The molecule has 3 nitrogen and oxygen atoms in total. The van der Waals surface area contributed by atoms with Crippen molar-refractivity contribution in [3.63, 3.8) is 0 Å². The minimum atomic E-state index is 0.427. The quantitative estimate of drug-likeness (QED) is 0.608. The first-order valence-electron chi connectivity index (χ1n) is 5.88. The van der Waals surface area contributed by atoms with E-state index in [4.69, 9.17) is 11.6 Å². The van der Waals surface area contributed by atoms with Crippen LogP contribution in [0.4, 0.5) is 5.82 Å². The van der Waals surface area contributed by atoms with Crippen molar-refractivity contribution in [2.45, 2.75) is 52.5 Å². The minimum Gasteiger partial charge on any atom is -0.367 e. The fourth-order valence-corrected chi connectivity index (χ4v) is 1.71. The Hall–Kier alpha value is -0.830. The van der Waals surface area contributed by atoms with E-state index in [-0.39, 0.29) is 0 Å². The lowest BCUT2D eigenvalue weighted by molar-refractivity contribution is 0.613. The molecule has 90 valence electrons. The summed E-state index contributed by atoms with van der Waals surface area (Å²) in [4.78, 5) is 8.14. The number of nitrogens with one attached hydrogen (secondary N) is 1. The minimum absolute atomic E-state index is 0.427. The number of unbranched alkanes of at least 4 members (excludes halogenated alkanes) is 2. The van der Waals surface area contributed by atoms with Crippen LogP contribution in [0.15, 0.2) is 6.33 Å². The maximum atomic E-state index is 5.93. The van der Waals surface area contributed by atoms with Gasteiger partial charge in [0.2, 0.25) is 0 Å². The van der Waals surface area contributed by atoms with Crippen molar-refractivity contribution in [2.24, 2.45) is 0 Å². The zero-order chi connectivity index (χ0) is 12.0. The van der Waals surface area contributed by atoms with E-state index < -0.39 is 0 Å². The number of nitrogens with zero attached hydrogens (tertiary/aromatic N) is 2. The van der Waals surface area contributed by atoms with E-state index in [9.17, 15) is 0 Å². The lowest BCUT2D eigenvalue weighted by atomic mass is 10.1. The fraction of sp³-hybridized carbons (Fsp3) is 0.667. The van der Waals surface area contributed by atoms with Crippen LogP contribution in [0.5, 0.6) is 0 Å². The summed E-state index contributed by atoms with van der Waals surface area (Å²) in [5.41, 5.74) is 0.923. The molecule has 0 aliphatic rings. The van der Waals surface area contributed by atoms with E-state index >= 15 is 0 Å². The van der Waals surface area contributed by atoms with E-state index in [0.717, 1.165) is 17.8 Å². The lowest BCUT2D eigenvalue weighted by Crippen LogP contribution is -2.17. The van der Waals surface area contributed by atoms with Gasteiger partial charge in [-0.3, -0.25) is 0 Å². The third-order valence-electron chi connectivity index (χ3n) is 2.65. The van der Waals surface area contributed by atoms with Crippen LogP contribution >= 0.6 is 11.6 Å². The number of anilines is 1. The van der Waals surface area contributed by atoms with E-state index in [0.29, 0.717) is 11.2 Å². The first-order chi connectivity index (χ1) is 7.65. The summed E-state index contributed by atoms with van der Waals surface area (Å²) in [5, 5.41) is 3.90. The second-order valence-electron chi connectivity index (χ2n) is 4.18. The number of hydrogen-bond acceptors (Lipinski definition) is 3.